The van der Waals surface area contributed by atoms with Gasteiger partial charge in [0, 0.05) is 5.56 Å². The fraction of sp³-hybridized carbons (Fsp3) is 0.385. The Morgan fingerprint density at radius 1 is 1.37 bits per heavy atom. The highest BCUT2D eigenvalue weighted by atomic mass is 16.5. The Hall–Kier alpha value is -2.24. The molecule has 0 saturated heterocycles. The molecule has 19 heavy (non-hydrogen) atoms. The minimum Gasteiger partial charge on any atom is -0.490 e. The van der Waals surface area contributed by atoms with Gasteiger partial charge in [-0.25, -0.2) is 9.97 Å². The van der Waals surface area contributed by atoms with Crippen LogP contribution in [0.15, 0.2) is 16.8 Å². The van der Waals surface area contributed by atoms with Crippen molar-refractivity contribution in [2.24, 2.45) is 0 Å². The summed E-state index contributed by atoms with van der Waals surface area (Å²) in [5.41, 5.74) is 6.83. The normalized spacial score (nSPS) is 12.2. The average molecular weight is 262 g/mol. The SMILES string of the molecule is COc1c(N)ncnc1NC(C)c1cc(C)oc1C. The van der Waals surface area contributed by atoms with Crippen molar-refractivity contribution >= 4 is 11.6 Å². The number of hydrogen-bond donors (Lipinski definition) is 2. The lowest BCUT2D eigenvalue weighted by Gasteiger charge is -2.16. The molecular weight excluding hydrogens is 244 g/mol. The molecule has 0 aromatic carbocycles. The van der Waals surface area contributed by atoms with Crippen LogP contribution in [-0.4, -0.2) is 17.1 Å². The third-order valence-electron chi connectivity index (χ3n) is 2.93. The average Bonchev–Trinajstić information content (AvgIpc) is 2.69. The standard InChI is InChI=1S/C13H18N4O2/c1-7-5-10(9(3)19-7)8(2)17-13-11(18-4)12(14)15-6-16-13/h5-6,8H,1-4H3,(H3,14,15,16,17). The zero-order chi connectivity index (χ0) is 14.0. The lowest BCUT2D eigenvalue weighted by molar-refractivity contribution is 0.414. The maximum Gasteiger partial charge on any atom is 0.203 e. The fourth-order valence-electron chi connectivity index (χ4n) is 2.05. The molecule has 2 rings (SSSR count). The first kappa shape index (κ1) is 13.2. The first-order valence-corrected chi connectivity index (χ1v) is 6.00. The summed E-state index contributed by atoms with van der Waals surface area (Å²) in [7, 11) is 1.54. The molecule has 0 fully saturated rings. The first-order valence-electron chi connectivity index (χ1n) is 6.00. The molecule has 0 aliphatic rings. The number of nitrogens with zero attached hydrogens (tertiary/aromatic N) is 2. The summed E-state index contributed by atoms with van der Waals surface area (Å²) in [4.78, 5) is 8.05. The van der Waals surface area contributed by atoms with E-state index in [-0.39, 0.29) is 6.04 Å². The Morgan fingerprint density at radius 3 is 2.68 bits per heavy atom. The number of furan rings is 1. The maximum atomic E-state index is 5.75. The molecule has 2 aromatic rings. The van der Waals surface area contributed by atoms with Crippen LogP contribution in [-0.2, 0) is 0 Å². The largest absolute Gasteiger partial charge is 0.490 e. The van der Waals surface area contributed by atoms with Crippen molar-refractivity contribution in [1.82, 2.24) is 9.97 Å². The molecule has 6 nitrogen and oxygen atoms in total. The summed E-state index contributed by atoms with van der Waals surface area (Å²) in [5, 5.41) is 3.26. The van der Waals surface area contributed by atoms with Crippen molar-refractivity contribution in [3.8, 4) is 5.75 Å². The number of aromatic nitrogens is 2. The lowest BCUT2D eigenvalue weighted by atomic mass is 10.1. The number of nitrogens with two attached hydrogens (primary N) is 1. The van der Waals surface area contributed by atoms with Crippen LogP contribution in [0, 0.1) is 13.8 Å². The summed E-state index contributed by atoms with van der Waals surface area (Å²) in [5.74, 6) is 3.11. The van der Waals surface area contributed by atoms with Crippen LogP contribution < -0.4 is 15.8 Å². The second kappa shape index (κ2) is 5.17. The molecule has 1 unspecified atom stereocenters. The van der Waals surface area contributed by atoms with Crippen molar-refractivity contribution in [2.75, 3.05) is 18.2 Å². The van der Waals surface area contributed by atoms with Gasteiger partial charge in [0.25, 0.3) is 0 Å². The van der Waals surface area contributed by atoms with Crippen molar-refractivity contribution in [1.29, 1.82) is 0 Å². The van der Waals surface area contributed by atoms with Crippen LogP contribution in [0.2, 0.25) is 0 Å². The van der Waals surface area contributed by atoms with E-state index < -0.39 is 0 Å². The number of ether oxygens (including phenoxy) is 1. The molecule has 2 heterocycles. The van der Waals surface area contributed by atoms with E-state index in [4.69, 9.17) is 14.9 Å². The van der Waals surface area contributed by atoms with Crippen LogP contribution in [0.4, 0.5) is 11.6 Å². The van der Waals surface area contributed by atoms with Crippen molar-refractivity contribution < 1.29 is 9.15 Å². The molecule has 0 amide bonds. The van der Waals surface area contributed by atoms with Crippen molar-refractivity contribution in [3.05, 3.63) is 29.5 Å². The highest BCUT2D eigenvalue weighted by Crippen LogP contribution is 2.31. The second-order valence-electron chi connectivity index (χ2n) is 4.38. The Kier molecular flexibility index (Phi) is 3.59. The van der Waals surface area contributed by atoms with Crippen molar-refractivity contribution in [3.63, 3.8) is 0 Å². The fourth-order valence-corrected chi connectivity index (χ4v) is 2.05. The van der Waals surface area contributed by atoms with Crippen LogP contribution in [0.25, 0.3) is 0 Å². The smallest absolute Gasteiger partial charge is 0.203 e. The number of nitrogen functional groups attached to an aromatic ring is 1. The van der Waals surface area contributed by atoms with Gasteiger partial charge in [-0.3, -0.25) is 0 Å². The molecule has 0 saturated carbocycles. The summed E-state index contributed by atoms with van der Waals surface area (Å²) >= 11 is 0. The predicted molar refractivity (Wildman–Crippen MR) is 73.2 cm³/mol. The highest BCUT2D eigenvalue weighted by Gasteiger charge is 2.16. The minimum atomic E-state index is 0.0284. The Balaban J connectivity index is 2.26. The van der Waals surface area contributed by atoms with E-state index in [9.17, 15) is 0 Å². The van der Waals surface area contributed by atoms with Crippen LogP contribution >= 0.6 is 0 Å². The van der Waals surface area contributed by atoms with Gasteiger partial charge in [0.05, 0.1) is 13.2 Å². The van der Waals surface area contributed by atoms with Crippen LogP contribution in [0.1, 0.15) is 30.0 Å². The number of aryl methyl sites for hydroxylation is 2. The van der Waals surface area contributed by atoms with Crippen LogP contribution in [0.3, 0.4) is 0 Å². The van der Waals surface area contributed by atoms with E-state index in [0.717, 1.165) is 17.1 Å². The highest BCUT2D eigenvalue weighted by molar-refractivity contribution is 5.61. The molecule has 0 spiro atoms. The molecule has 1 atom stereocenters. The van der Waals surface area contributed by atoms with E-state index in [1.54, 1.807) is 0 Å². The molecule has 0 aliphatic heterocycles. The third-order valence-corrected chi connectivity index (χ3v) is 2.93. The predicted octanol–water partition coefficient (Wildman–Crippen LogP) is 2.45. The monoisotopic (exact) mass is 262 g/mol. The Labute approximate surface area is 112 Å². The van der Waals surface area contributed by atoms with Gasteiger partial charge in [-0.15, -0.1) is 0 Å². The summed E-state index contributed by atoms with van der Waals surface area (Å²) in [6.45, 7) is 5.88. The van der Waals surface area contributed by atoms with E-state index in [1.165, 1.54) is 13.4 Å². The number of hydrogen-bond acceptors (Lipinski definition) is 6. The Morgan fingerprint density at radius 2 is 2.11 bits per heavy atom. The number of nitrogens with one attached hydrogen (secondary N) is 1. The molecular formula is C13H18N4O2. The minimum absolute atomic E-state index is 0.0284. The van der Waals surface area contributed by atoms with E-state index in [1.807, 2.05) is 26.8 Å². The number of methoxy groups -OCH3 is 1. The van der Waals surface area contributed by atoms with E-state index in [2.05, 4.69) is 15.3 Å². The zero-order valence-corrected chi connectivity index (χ0v) is 11.5. The summed E-state index contributed by atoms with van der Waals surface area (Å²) < 4.78 is 10.7. The summed E-state index contributed by atoms with van der Waals surface area (Å²) in [6, 6.07) is 2.03. The van der Waals surface area contributed by atoms with Gasteiger partial charge in [0.15, 0.2) is 11.6 Å². The second-order valence-corrected chi connectivity index (χ2v) is 4.38. The van der Waals surface area contributed by atoms with Crippen LogP contribution in [0.5, 0.6) is 5.75 Å². The first-order chi connectivity index (χ1) is 9.02. The third kappa shape index (κ3) is 2.62. The Bertz CT molecular complexity index is 580. The molecule has 6 heteroatoms. The van der Waals surface area contributed by atoms with Gasteiger partial charge < -0.3 is 20.2 Å². The molecule has 3 N–H and O–H groups in total. The summed E-state index contributed by atoms with van der Waals surface area (Å²) in [6.07, 6.45) is 1.40. The van der Waals surface area contributed by atoms with E-state index >= 15 is 0 Å². The molecule has 0 radical (unpaired) electrons. The van der Waals surface area contributed by atoms with E-state index in [0.29, 0.717) is 17.4 Å². The van der Waals surface area contributed by atoms with Gasteiger partial charge in [0.2, 0.25) is 5.75 Å². The molecule has 2 aromatic heterocycles. The van der Waals surface area contributed by atoms with Gasteiger partial charge in [0.1, 0.15) is 17.8 Å². The zero-order valence-electron chi connectivity index (χ0n) is 11.5. The molecule has 102 valence electrons. The van der Waals surface area contributed by atoms with Gasteiger partial charge in [-0.05, 0) is 26.8 Å². The molecule has 0 bridgehead atoms. The van der Waals surface area contributed by atoms with Gasteiger partial charge in [-0.2, -0.15) is 0 Å². The topological polar surface area (TPSA) is 86.2 Å². The number of anilines is 2. The lowest BCUT2D eigenvalue weighted by Crippen LogP contribution is -2.10. The molecule has 0 aliphatic carbocycles. The number of rotatable bonds is 4. The van der Waals surface area contributed by atoms with Gasteiger partial charge >= 0.3 is 0 Å². The quantitative estimate of drug-likeness (QED) is 0.880. The maximum absolute atomic E-state index is 5.75. The van der Waals surface area contributed by atoms with Crippen molar-refractivity contribution in [2.45, 2.75) is 26.8 Å². The van der Waals surface area contributed by atoms with Gasteiger partial charge in [-0.1, -0.05) is 0 Å².